The highest BCUT2D eigenvalue weighted by Crippen LogP contribution is 2.45. The molecule has 2 bridgehead atoms. The lowest BCUT2D eigenvalue weighted by atomic mass is 9.78. The lowest BCUT2D eigenvalue weighted by molar-refractivity contribution is -0.137. The summed E-state index contributed by atoms with van der Waals surface area (Å²) in [6.45, 7) is 3.95. The number of ether oxygens (including phenoxy) is 2. The molecule has 0 amide bonds. The average molecular weight is 338 g/mol. The van der Waals surface area contributed by atoms with Gasteiger partial charge in [0.25, 0.3) is 0 Å². The third kappa shape index (κ3) is 6.21. The molecule has 1 N–H and O–H groups in total. The van der Waals surface area contributed by atoms with Crippen molar-refractivity contribution in [2.45, 2.75) is 83.3 Å². The molecule has 2 unspecified atom stereocenters. The first-order valence-electron chi connectivity index (χ1n) is 9.82. The summed E-state index contributed by atoms with van der Waals surface area (Å²) in [6.07, 6.45) is 15.4. The fourth-order valence-corrected chi connectivity index (χ4v) is 4.02. The molecule has 0 aromatic carbocycles. The molecule has 2 saturated heterocycles. The number of hydrogen-bond donors (Lipinski definition) is 1. The highest BCUT2D eigenvalue weighted by Gasteiger charge is 2.48. The number of fused-ring (bicyclic) bond motifs is 2. The van der Waals surface area contributed by atoms with Crippen LogP contribution in [0.2, 0.25) is 0 Å². The minimum Gasteiger partial charge on any atom is -0.481 e. The van der Waals surface area contributed by atoms with Crippen molar-refractivity contribution < 1.29 is 19.4 Å². The second-order valence-electron chi connectivity index (χ2n) is 7.25. The first kappa shape index (κ1) is 19.5. The van der Waals surface area contributed by atoms with E-state index in [1.54, 1.807) is 0 Å². The maximum atomic E-state index is 10.5. The van der Waals surface area contributed by atoms with E-state index in [0.29, 0.717) is 24.0 Å². The molecule has 4 nitrogen and oxygen atoms in total. The number of allylic oxidation sites excluding steroid dienone is 2. The van der Waals surface area contributed by atoms with E-state index < -0.39 is 5.97 Å². The van der Waals surface area contributed by atoms with Gasteiger partial charge in [0, 0.05) is 18.9 Å². The predicted molar refractivity (Wildman–Crippen MR) is 95.1 cm³/mol. The van der Waals surface area contributed by atoms with Crippen molar-refractivity contribution in [1.29, 1.82) is 0 Å². The van der Waals surface area contributed by atoms with E-state index in [1.165, 1.54) is 38.5 Å². The molecule has 2 fully saturated rings. The molecule has 0 saturated carbocycles. The van der Waals surface area contributed by atoms with E-state index in [4.69, 9.17) is 14.6 Å². The Morgan fingerprint density at radius 1 is 1.12 bits per heavy atom. The summed E-state index contributed by atoms with van der Waals surface area (Å²) in [7, 11) is 0. The SMILES string of the molecule is CCCCCCOC[C@@H]1C2CCC(O2)[C@H]1C/C=C\CCCC(=O)O. The molecule has 0 aromatic heterocycles. The predicted octanol–water partition coefficient (Wildman–Crippen LogP) is 4.58. The van der Waals surface area contributed by atoms with Gasteiger partial charge in [-0.2, -0.15) is 0 Å². The van der Waals surface area contributed by atoms with Crippen LogP contribution in [0, 0.1) is 11.8 Å². The first-order chi connectivity index (χ1) is 11.7. The molecule has 0 aromatic rings. The van der Waals surface area contributed by atoms with Crippen LogP contribution in [0.5, 0.6) is 0 Å². The number of carboxylic acids is 1. The molecular weight excluding hydrogens is 304 g/mol. The Kier molecular flexibility index (Phi) is 8.82. The Bertz CT molecular complexity index is 393. The normalized spacial score (nSPS) is 28.9. The second-order valence-corrected chi connectivity index (χ2v) is 7.25. The van der Waals surface area contributed by atoms with Crippen molar-refractivity contribution in [3.05, 3.63) is 12.2 Å². The third-order valence-corrected chi connectivity index (χ3v) is 5.38. The second kappa shape index (κ2) is 10.9. The minimum atomic E-state index is -0.707. The lowest BCUT2D eigenvalue weighted by Gasteiger charge is -2.27. The van der Waals surface area contributed by atoms with E-state index in [0.717, 1.165) is 32.5 Å². The minimum absolute atomic E-state index is 0.260. The smallest absolute Gasteiger partial charge is 0.303 e. The number of carboxylic acid groups (broad SMARTS) is 1. The molecule has 2 aliphatic rings. The summed E-state index contributed by atoms with van der Waals surface area (Å²) < 4.78 is 12.1. The third-order valence-electron chi connectivity index (χ3n) is 5.38. The Morgan fingerprint density at radius 3 is 2.67 bits per heavy atom. The van der Waals surface area contributed by atoms with Gasteiger partial charge in [0.05, 0.1) is 18.8 Å². The van der Waals surface area contributed by atoms with Crippen molar-refractivity contribution in [2.75, 3.05) is 13.2 Å². The van der Waals surface area contributed by atoms with Crippen LogP contribution in [-0.2, 0) is 14.3 Å². The molecule has 24 heavy (non-hydrogen) atoms. The summed E-state index contributed by atoms with van der Waals surface area (Å²) in [5.41, 5.74) is 0. The maximum absolute atomic E-state index is 10.5. The van der Waals surface area contributed by atoms with Gasteiger partial charge in [0.2, 0.25) is 0 Å². The zero-order valence-corrected chi connectivity index (χ0v) is 15.1. The Balaban J connectivity index is 1.65. The van der Waals surface area contributed by atoms with Gasteiger partial charge in [-0.1, -0.05) is 38.3 Å². The zero-order valence-electron chi connectivity index (χ0n) is 15.1. The van der Waals surface area contributed by atoms with E-state index in [-0.39, 0.29) is 6.42 Å². The van der Waals surface area contributed by atoms with Crippen LogP contribution < -0.4 is 0 Å². The molecule has 138 valence electrons. The fraction of sp³-hybridized carbons (Fsp3) is 0.850. The monoisotopic (exact) mass is 338 g/mol. The highest BCUT2D eigenvalue weighted by molar-refractivity contribution is 5.66. The Labute approximate surface area is 146 Å². The summed E-state index contributed by atoms with van der Waals surface area (Å²) in [4.78, 5) is 10.5. The highest BCUT2D eigenvalue weighted by atomic mass is 16.5. The van der Waals surface area contributed by atoms with E-state index in [9.17, 15) is 4.79 Å². The standard InChI is InChI=1S/C20H34O4/c1-2-3-4-9-14-23-15-17-16(18-12-13-19(17)24-18)10-7-5-6-8-11-20(21)22/h5,7,16-19H,2-4,6,8-15H2,1H3,(H,21,22)/b7-5-/t16-,17-,18?,19?/m0/s1. The van der Waals surface area contributed by atoms with Gasteiger partial charge >= 0.3 is 5.97 Å². The van der Waals surface area contributed by atoms with Crippen LogP contribution in [0.1, 0.15) is 71.1 Å². The molecule has 0 aliphatic carbocycles. The average Bonchev–Trinajstić information content (AvgIpc) is 3.15. The molecule has 2 heterocycles. The molecular formula is C20H34O4. The maximum Gasteiger partial charge on any atom is 0.303 e. The largest absolute Gasteiger partial charge is 0.481 e. The van der Waals surface area contributed by atoms with Gasteiger partial charge in [-0.25, -0.2) is 0 Å². The van der Waals surface area contributed by atoms with Crippen LogP contribution >= 0.6 is 0 Å². The summed E-state index contributed by atoms with van der Waals surface area (Å²) >= 11 is 0. The van der Waals surface area contributed by atoms with Gasteiger partial charge in [0.15, 0.2) is 0 Å². The van der Waals surface area contributed by atoms with Crippen LogP contribution in [0.4, 0.5) is 0 Å². The van der Waals surface area contributed by atoms with E-state index in [2.05, 4.69) is 19.1 Å². The van der Waals surface area contributed by atoms with Gasteiger partial charge in [-0.3, -0.25) is 4.79 Å². The van der Waals surface area contributed by atoms with Crippen LogP contribution in [0.3, 0.4) is 0 Å². The number of rotatable bonds is 13. The van der Waals surface area contributed by atoms with Crippen molar-refractivity contribution in [2.24, 2.45) is 11.8 Å². The molecule has 0 radical (unpaired) electrons. The zero-order chi connectivity index (χ0) is 17.2. The quantitative estimate of drug-likeness (QED) is 0.394. The van der Waals surface area contributed by atoms with Gasteiger partial charge in [0.1, 0.15) is 0 Å². The molecule has 4 heteroatoms. The van der Waals surface area contributed by atoms with Crippen molar-refractivity contribution in [3.8, 4) is 0 Å². The van der Waals surface area contributed by atoms with Gasteiger partial charge in [-0.05, 0) is 44.4 Å². The topological polar surface area (TPSA) is 55.8 Å². The van der Waals surface area contributed by atoms with E-state index >= 15 is 0 Å². The molecule has 2 aliphatic heterocycles. The van der Waals surface area contributed by atoms with Gasteiger partial charge < -0.3 is 14.6 Å². The van der Waals surface area contributed by atoms with Crippen LogP contribution in [0.15, 0.2) is 12.2 Å². The fourth-order valence-electron chi connectivity index (χ4n) is 4.02. The van der Waals surface area contributed by atoms with Crippen LogP contribution in [0.25, 0.3) is 0 Å². The molecule has 0 spiro atoms. The molecule has 4 atom stereocenters. The number of unbranched alkanes of at least 4 members (excludes halogenated alkanes) is 4. The van der Waals surface area contributed by atoms with Crippen molar-refractivity contribution >= 4 is 5.97 Å². The molecule has 2 rings (SSSR count). The van der Waals surface area contributed by atoms with Crippen molar-refractivity contribution in [3.63, 3.8) is 0 Å². The lowest BCUT2D eigenvalue weighted by Crippen LogP contribution is -2.30. The number of aliphatic carboxylic acids is 1. The summed E-state index contributed by atoms with van der Waals surface area (Å²) in [6, 6.07) is 0. The first-order valence-corrected chi connectivity index (χ1v) is 9.82. The van der Waals surface area contributed by atoms with Crippen molar-refractivity contribution in [1.82, 2.24) is 0 Å². The number of carbonyl (C=O) groups is 1. The Morgan fingerprint density at radius 2 is 1.92 bits per heavy atom. The summed E-state index contributed by atoms with van der Waals surface area (Å²) in [5.74, 6) is 0.412. The summed E-state index contributed by atoms with van der Waals surface area (Å²) in [5, 5.41) is 8.64. The van der Waals surface area contributed by atoms with Crippen LogP contribution in [-0.4, -0.2) is 36.5 Å². The van der Waals surface area contributed by atoms with Gasteiger partial charge in [-0.15, -0.1) is 0 Å². The number of hydrogen-bond acceptors (Lipinski definition) is 3. The van der Waals surface area contributed by atoms with E-state index in [1.807, 2.05) is 0 Å². The Hall–Kier alpha value is -0.870.